The van der Waals surface area contributed by atoms with E-state index in [9.17, 15) is 0 Å². The number of hydrogen-bond donors (Lipinski definition) is 0. The summed E-state index contributed by atoms with van der Waals surface area (Å²) in [5, 5.41) is 0. The van der Waals surface area contributed by atoms with Gasteiger partial charge in [-0.3, -0.25) is 0 Å². The van der Waals surface area contributed by atoms with Gasteiger partial charge in [-0.25, -0.2) is 0 Å². The molecule has 2 saturated carbocycles. The van der Waals surface area contributed by atoms with E-state index in [2.05, 4.69) is 27.7 Å². The van der Waals surface area contributed by atoms with Crippen molar-refractivity contribution in [1.82, 2.24) is 0 Å². The quantitative estimate of drug-likeness (QED) is 0.760. The molecular weight excluding hydrogens is 224 g/mol. The van der Waals surface area contributed by atoms with Crippen molar-refractivity contribution in [3.63, 3.8) is 0 Å². The van der Waals surface area contributed by atoms with E-state index in [4.69, 9.17) is 9.47 Å². The van der Waals surface area contributed by atoms with E-state index in [0.717, 1.165) is 25.7 Å². The SMILES string of the molecule is CCC1(COC2CC3CCC2(C)C3(C)C)COC1. The van der Waals surface area contributed by atoms with Gasteiger partial charge in [-0.1, -0.05) is 27.7 Å². The summed E-state index contributed by atoms with van der Waals surface area (Å²) in [6, 6.07) is 0. The highest BCUT2D eigenvalue weighted by atomic mass is 16.5. The van der Waals surface area contributed by atoms with Crippen LogP contribution in [-0.4, -0.2) is 25.9 Å². The van der Waals surface area contributed by atoms with Crippen LogP contribution in [0.25, 0.3) is 0 Å². The lowest BCUT2D eigenvalue weighted by Crippen LogP contribution is -2.48. The van der Waals surface area contributed by atoms with Crippen molar-refractivity contribution >= 4 is 0 Å². The molecule has 0 N–H and O–H groups in total. The van der Waals surface area contributed by atoms with E-state index in [1.807, 2.05) is 0 Å². The van der Waals surface area contributed by atoms with E-state index >= 15 is 0 Å². The summed E-state index contributed by atoms with van der Waals surface area (Å²) in [4.78, 5) is 0. The molecule has 2 aliphatic carbocycles. The van der Waals surface area contributed by atoms with Gasteiger partial charge in [-0.15, -0.1) is 0 Å². The van der Waals surface area contributed by atoms with Gasteiger partial charge < -0.3 is 9.47 Å². The first-order chi connectivity index (χ1) is 8.44. The Bertz CT molecular complexity index is 326. The standard InChI is InChI=1S/C16H28O2/c1-5-16(9-17-10-16)11-18-13-8-12-6-7-15(13,4)14(12,2)3/h12-13H,5-11H2,1-4H3. The van der Waals surface area contributed by atoms with Crippen LogP contribution < -0.4 is 0 Å². The highest BCUT2D eigenvalue weighted by molar-refractivity contribution is 5.11. The highest BCUT2D eigenvalue weighted by Crippen LogP contribution is 2.66. The summed E-state index contributed by atoms with van der Waals surface area (Å²) in [6.07, 6.45) is 5.71. The summed E-state index contributed by atoms with van der Waals surface area (Å²) in [5.74, 6) is 0.878. The van der Waals surface area contributed by atoms with Crippen LogP contribution in [0.4, 0.5) is 0 Å². The van der Waals surface area contributed by atoms with Crippen molar-refractivity contribution < 1.29 is 9.47 Å². The van der Waals surface area contributed by atoms with Crippen molar-refractivity contribution in [3.05, 3.63) is 0 Å². The predicted molar refractivity (Wildman–Crippen MR) is 72.5 cm³/mol. The lowest BCUT2D eigenvalue weighted by atomic mass is 9.70. The van der Waals surface area contributed by atoms with Crippen LogP contribution in [0.15, 0.2) is 0 Å². The van der Waals surface area contributed by atoms with Gasteiger partial charge in [-0.2, -0.15) is 0 Å². The van der Waals surface area contributed by atoms with Gasteiger partial charge in [-0.05, 0) is 42.4 Å². The molecule has 18 heavy (non-hydrogen) atoms. The zero-order valence-corrected chi connectivity index (χ0v) is 12.4. The molecular formula is C16H28O2. The van der Waals surface area contributed by atoms with Gasteiger partial charge in [0.2, 0.25) is 0 Å². The molecule has 0 aromatic rings. The van der Waals surface area contributed by atoms with E-state index in [-0.39, 0.29) is 0 Å². The van der Waals surface area contributed by atoms with Crippen molar-refractivity contribution in [1.29, 1.82) is 0 Å². The molecule has 0 spiro atoms. The monoisotopic (exact) mass is 252 g/mol. The van der Waals surface area contributed by atoms with Gasteiger partial charge in [0.05, 0.1) is 25.9 Å². The molecule has 0 aromatic carbocycles. The van der Waals surface area contributed by atoms with Gasteiger partial charge in [0.15, 0.2) is 0 Å². The Morgan fingerprint density at radius 2 is 1.94 bits per heavy atom. The molecule has 3 aliphatic rings. The fourth-order valence-corrected chi connectivity index (χ4v) is 4.44. The lowest BCUT2D eigenvalue weighted by molar-refractivity contribution is -0.174. The van der Waals surface area contributed by atoms with Gasteiger partial charge in [0.25, 0.3) is 0 Å². The molecule has 1 heterocycles. The maximum Gasteiger partial charge on any atom is 0.0637 e. The third kappa shape index (κ3) is 1.54. The second-order valence-corrected chi connectivity index (χ2v) is 7.76. The molecule has 3 unspecified atom stereocenters. The molecule has 104 valence electrons. The zero-order chi connectivity index (χ0) is 13.0. The lowest BCUT2D eigenvalue weighted by Gasteiger charge is -2.44. The fourth-order valence-electron chi connectivity index (χ4n) is 4.44. The second-order valence-electron chi connectivity index (χ2n) is 7.76. The average Bonchev–Trinajstić information content (AvgIpc) is 2.61. The van der Waals surface area contributed by atoms with E-state index in [1.165, 1.54) is 25.7 Å². The average molecular weight is 252 g/mol. The molecule has 0 radical (unpaired) electrons. The van der Waals surface area contributed by atoms with Crippen molar-refractivity contribution in [2.24, 2.45) is 22.2 Å². The number of rotatable bonds is 4. The van der Waals surface area contributed by atoms with Crippen LogP contribution in [0.5, 0.6) is 0 Å². The molecule has 0 aromatic heterocycles. The first kappa shape index (κ1) is 12.9. The summed E-state index contributed by atoms with van der Waals surface area (Å²) in [7, 11) is 0. The Balaban J connectivity index is 1.65. The van der Waals surface area contributed by atoms with Gasteiger partial charge >= 0.3 is 0 Å². The first-order valence-electron chi connectivity index (χ1n) is 7.63. The molecule has 0 amide bonds. The smallest absolute Gasteiger partial charge is 0.0637 e. The minimum atomic E-state index is 0.336. The predicted octanol–water partition coefficient (Wildman–Crippen LogP) is 3.64. The molecule has 3 fully saturated rings. The van der Waals surface area contributed by atoms with E-state index in [0.29, 0.717) is 22.3 Å². The number of fused-ring (bicyclic) bond motifs is 2. The topological polar surface area (TPSA) is 18.5 Å². The minimum absolute atomic E-state index is 0.336. The second kappa shape index (κ2) is 3.96. The largest absolute Gasteiger partial charge is 0.380 e. The third-order valence-electron chi connectivity index (χ3n) is 6.87. The van der Waals surface area contributed by atoms with E-state index < -0.39 is 0 Å². The Morgan fingerprint density at radius 1 is 1.22 bits per heavy atom. The van der Waals surface area contributed by atoms with Crippen molar-refractivity contribution in [3.8, 4) is 0 Å². The molecule has 3 atom stereocenters. The summed E-state index contributed by atoms with van der Waals surface area (Å²) < 4.78 is 11.8. The third-order valence-corrected chi connectivity index (χ3v) is 6.87. The highest BCUT2D eigenvalue weighted by Gasteiger charge is 2.62. The Labute approximate surface area is 111 Å². The van der Waals surface area contributed by atoms with Crippen LogP contribution in [0.3, 0.4) is 0 Å². The van der Waals surface area contributed by atoms with Crippen LogP contribution in [0.1, 0.15) is 53.4 Å². The van der Waals surface area contributed by atoms with Crippen LogP contribution in [-0.2, 0) is 9.47 Å². The van der Waals surface area contributed by atoms with Crippen LogP contribution >= 0.6 is 0 Å². The van der Waals surface area contributed by atoms with Crippen molar-refractivity contribution in [2.75, 3.05) is 19.8 Å². The van der Waals surface area contributed by atoms with Gasteiger partial charge in [0, 0.05) is 5.41 Å². The molecule has 2 nitrogen and oxygen atoms in total. The minimum Gasteiger partial charge on any atom is -0.380 e. The Hall–Kier alpha value is -0.0800. The maximum absolute atomic E-state index is 6.39. The van der Waals surface area contributed by atoms with E-state index in [1.54, 1.807) is 0 Å². The molecule has 2 heteroatoms. The molecule has 1 aliphatic heterocycles. The Morgan fingerprint density at radius 3 is 2.33 bits per heavy atom. The van der Waals surface area contributed by atoms with Gasteiger partial charge in [0.1, 0.15) is 0 Å². The fraction of sp³-hybridized carbons (Fsp3) is 1.00. The van der Waals surface area contributed by atoms with Crippen molar-refractivity contribution in [2.45, 2.75) is 59.5 Å². The summed E-state index contributed by atoms with van der Waals surface area (Å²) in [6.45, 7) is 12.3. The van der Waals surface area contributed by atoms with Crippen LogP contribution in [0, 0.1) is 22.2 Å². The first-order valence-corrected chi connectivity index (χ1v) is 7.63. The molecule has 3 rings (SSSR count). The number of ether oxygens (including phenoxy) is 2. The normalized spacial score (nSPS) is 44.0. The summed E-state index contributed by atoms with van der Waals surface area (Å²) in [5.41, 5.74) is 1.20. The number of hydrogen-bond acceptors (Lipinski definition) is 2. The summed E-state index contributed by atoms with van der Waals surface area (Å²) >= 11 is 0. The zero-order valence-electron chi connectivity index (χ0n) is 12.4. The maximum atomic E-state index is 6.39. The van der Waals surface area contributed by atoms with Crippen LogP contribution in [0.2, 0.25) is 0 Å². The molecule has 2 bridgehead atoms. The Kier molecular flexibility index (Phi) is 2.84. The molecule has 1 saturated heterocycles.